The van der Waals surface area contributed by atoms with Crippen molar-refractivity contribution in [3.63, 3.8) is 0 Å². The Labute approximate surface area is 175 Å². The van der Waals surface area contributed by atoms with Gasteiger partial charge in [-0.25, -0.2) is 8.91 Å². The summed E-state index contributed by atoms with van der Waals surface area (Å²) in [4.78, 5) is 1.29. The van der Waals surface area contributed by atoms with Crippen LogP contribution in [0.1, 0.15) is 16.8 Å². The molecule has 0 fully saturated rings. The SMILES string of the molecule is Cc1c(-c2cc(Sc3ccc(F)cc3C#N)c3c(C#N)cnn3c2)cnn1CCO. The predicted octanol–water partition coefficient (Wildman–Crippen LogP) is 3.53. The minimum atomic E-state index is -0.483. The Hall–Kier alpha value is -3.66. The minimum Gasteiger partial charge on any atom is -0.394 e. The second-order valence-electron chi connectivity index (χ2n) is 6.50. The summed E-state index contributed by atoms with van der Waals surface area (Å²) in [5.74, 6) is -0.483. The molecule has 0 aliphatic carbocycles. The first-order valence-corrected chi connectivity index (χ1v) is 9.80. The molecule has 3 heterocycles. The molecule has 30 heavy (non-hydrogen) atoms. The molecule has 0 saturated carbocycles. The van der Waals surface area contributed by atoms with Crippen LogP contribution >= 0.6 is 11.8 Å². The van der Waals surface area contributed by atoms with E-state index >= 15 is 0 Å². The van der Waals surface area contributed by atoms with Gasteiger partial charge in [0.1, 0.15) is 18.0 Å². The van der Waals surface area contributed by atoms with Crippen LogP contribution in [0.25, 0.3) is 16.6 Å². The number of benzene rings is 1. The highest BCUT2D eigenvalue weighted by Gasteiger charge is 2.17. The quantitative estimate of drug-likeness (QED) is 0.532. The van der Waals surface area contributed by atoms with E-state index in [9.17, 15) is 20.0 Å². The molecule has 1 aromatic carbocycles. The van der Waals surface area contributed by atoms with Crippen LogP contribution in [0, 0.1) is 35.4 Å². The van der Waals surface area contributed by atoms with Gasteiger partial charge in [0.25, 0.3) is 0 Å². The number of hydrogen-bond acceptors (Lipinski definition) is 6. The van der Waals surface area contributed by atoms with Crippen LogP contribution in [0.4, 0.5) is 4.39 Å². The first kappa shape index (κ1) is 19.6. The van der Waals surface area contributed by atoms with Gasteiger partial charge in [0, 0.05) is 32.8 Å². The molecule has 148 valence electrons. The van der Waals surface area contributed by atoms with Gasteiger partial charge in [-0.05, 0) is 31.2 Å². The molecule has 3 aromatic heterocycles. The fourth-order valence-electron chi connectivity index (χ4n) is 3.24. The van der Waals surface area contributed by atoms with Crippen LogP contribution in [0.5, 0.6) is 0 Å². The second kappa shape index (κ2) is 7.99. The van der Waals surface area contributed by atoms with Crippen LogP contribution < -0.4 is 0 Å². The Morgan fingerprint density at radius 1 is 1.10 bits per heavy atom. The number of fused-ring (bicyclic) bond motifs is 1. The predicted molar refractivity (Wildman–Crippen MR) is 108 cm³/mol. The van der Waals surface area contributed by atoms with Crippen LogP contribution in [0.15, 0.2) is 52.6 Å². The lowest BCUT2D eigenvalue weighted by atomic mass is 10.1. The van der Waals surface area contributed by atoms with Crippen molar-refractivity contribution in [1.29, 1.82) is 10.5 Å². The van der Waals surface area contributed by atoms with E-state index < -0.39 is 5.82 Å². The summed E-state index contributed by atoms with van der Waals surface area (Å²) in [6.07, 6.45) is 5.01. The van der Waals surface area contributed by atoms with Gasteiger partial charge in [-0.15, -0.1) is 0 Å². The summed E-state index contributed by atoms with van der Waals surface area (Å²) < 4.78 is 16.9. The summed E-state index contributed by atoms with van der Waals surface area (Å²) >= 11 is 1.27. The molecule has 0 saturated heterocycles. The lowest BCUT2D eigenvalue weighted by Gasteiger charge is -2.10. The fraction of sp³-hybridized carbons (Fsp3) is 0.143. The monoisotopic (exact) mass is 418 g/mol. The number of aliphatic hydroxyl groups excluding tert-OH is 1. The summed E-state index contributed by atoms with van der Waals surface area (Å²) in [6.45, 7) is 2.28. The molecule has 0 aliphatic heterocycles. The summed E-state index contributed by atoms with van der Waals surface area (Å²) in [7, 11) is 0. The number of halogens is 1. The van der Waals surface area contributed by atoms with Gasteiger partial charge in [-0.3, -0.25) is 4.68 Å². The third-order valence-corrected chi connectivity index (χ3v) is 5.81. The average molecular weight is 418 g/mol. The molecule has 0 aliphatic rings. The maximum atomic E-state index is 13.5. The van der Waals surface area contributed by atoms with E-state index in [1.165, 1.54) is 30.1 Å². The summed E-state index contributed by atoms with van der Waals surface area (Å²) in [5.41, 5.74) is 3.79. The molecular formula is C21H15FN6OS. The fourth-order valence-corrected chi connectivity index (χ4v) is 4.31. The van der Waals surface area contributed by atoms with Crippen LogP contribution in [0.2, 0.25) is 0 Å². The molecule has 0 radical (unpaired) electrons. The number of nitriles is 2. The number of nitrogens with zero attached hydrogens (tertiary/aromatic N) is 6. The Morgan fingerprint density at radius 3 is 2.63 bits per heavy atom. The van der Waals surface area contributed by atoms with Crippen molar-refractivity contribution < 1.29 is 9.50 Å². The van der Waals surface area contributed by atoms with E-state index in [1.807, 2.05) is 25.3 Å². The van der Waals surface area contributed by atoms with E-state index in [1.54, 1.807) is 21.5 Å². The van der Waals surface area contributed by atoms with Gasteiger partial charge in [-0.2, -0.15) is 20.7 Å². The zero-order valence-corrected chi connectivity index (χ0v) is 16.7. The summed E-state index contributed by atoms with van der Waals surface area (Å²) in [5, 5.41) is 36.7. The molecule has 0 atom stereocenters. The van der Waals surface area contributed by atoms with E-state index in [-0.39, 0.29) is 12.2 Å². The highest BCUT2D eigenvalue weighted by atomic mass is 32.2. The standard InChI is InChI=1S/C21H15FN6OS/c1-13-18(11-26-27(13)4-5-29)15-7-20(21-16(9-24)10-25-28(21)12-15)30-19-3-2-17(22)6-14(19)8-23/h2-3,6-7,10-12,29H,4-5H2,1H3. The smallest absolute Gasteiger partial charge is 0.124 e. The largest absolute Gasteiger partial charge is 0.394 e. The molecule has 0 unspecified atom stereocenters. The summed E-state index contributed by atoms with van der Waals surface area (Å²) in [6, 6.07) is 10.1. The first-order valence-electron chi connectivity index (χ1n) is 8.98. The average Bonchev–Trinajstić information content (AvgIpc) is 3.33. The number of hydrogen-bond donors (Lipinski definition) is 1. The first-order chi connectivity index (χ1) is 14.5. The van der Waals surface area contributed by atoms with Gasteiger partial charge in [0.2, 0.25) is 0 Å². The highest BCUT2D eigenvalue weighted by molar-refractivity contribution is 7.99. The zero-order valence-electron chi connectivity index (χ0n) is 15.9. The minimum absolute atomic E-state index is 0.0196. The van der Waals surface area contributed by atoms with Crippen molar-refractivity contribution in [2.75, 3.05) is 6.61 Å². The molecule has 1 N–H and O–H groups in total. The normalized spacial score (nSPS) is 10.8. The lowest BCUT2D eigenvalue weighted by Crippen LogP contribution is -2.05. The van der Waals surface area contributed by atoms with Crippen LogP contribution in [0.3, 0.4) is 0 Å². The number of aliphatic hydroxyl groups is 1. The molecule has 4 aromatic rings. The number of rotatable bonds is 5. The number of pyridine rings is 1. The molecular weight excluding hydrogens is 403 g/mol. The molecule has 9 heteroatoms. The van der Waals surface area contributed by atoms with Gasteiger partial charge >= 0.3 is 0 Å². The third kappa shape index (κ3) is 3.41. The van der Waals surface area contributed by atoms with E-state index in [2.05, 4.69) is 16.3 Å². The molecule has 0 bridgehead atoms. The van der Waals surface area contributed by atoms with Crippen molar-refractivity contribution >= 4 is 17.3 Å². The Morgan fingerprint density at radius 2 is 1.90 bits per heavy atom. The Balaban J connectivity index is 1.89. The second-order valence-corrected chi connectivity index (χ2v) is 7.58. The topological polar surface area (TPSA) is 103 Å². The van der Waals surface area contributed by atoms with Crippen molar-refractivity contribution in [3.05, 3.63) is 65.5 Å². The maximum absolute atomic E-state index is 13.5. The van der Waals surface area contributed by atoms with E-state index in [4.69, 9.17) is 0 Å². The molecule has 0 spiro atoms. The van der Waals surface area contributed by atoms with Crippen molar-refractivity contribution in [3.8, 4) is 23.3 Å². The van der Waals surface area contributed by atoms with E-state index in [0.29, 0.717) is 27.4 Å². The van der Waals surface area contributed by atoms with Crippen molar-refractivity contribution in [2.45, 2.75) is 23.3 Å². The Kier molecular flexibility index (Phi) is 5.23. The van der Waals surface area contributed by atoms with E-state index in [0.717, 1.165) is 16.8 Å². The lowest BCUT2D eigenvalue weighted by molar-refractivity contribution is 0.268. The van der Waals surface area contributed by atoms with Crippen LogP contribution in [-0.4, -0.2) is 31.1 Å². The van der Waals surface area contributed by atoms with Crippen molar-refractivity contribution in [1.82, 2.24) is 19.4 Å². The third-order valence-electron chi connectivity index (χ3n) is 4.71. The molecule has 7 nitrogen and oxygen atoms in total. The highest BCUT2D eigenvalue weighted by Crippen LogP contribution is 2.37. The molecule has 0 amide bonds. The van der Waals surface area contributed by atoms with Crippen LogP contribution in [-0.2, 0) is 6.54 Å². The molecule has 4 rings (SSSR count). The van der Waals surface area contributed by atoms with Gasteiger partial charge in [-0.1, -0.05) is 11.8 Å². The maximum Gasteiger partial charge on any atom is 0.124 e. The van der Waals surface area contributed by atoms with Gasteiger partial charge in [0.05, 0.1) is 42.2 Å². The zero-order chi connectivity index (χ0) is 21.3. The number of aromatic nitrogens is 4. The van der Waals surface area contributed by atoms with Gasteiger partial charge in [0.15, 0.2) is 0 Å². The van der Waals surface area contributed by atoms with Gasteiger partial charge < -0.3 is 5.11 Å². The Bertz CT molecular complexity index is 1340. The van der Waals surface area contributed by atoms with Crippen molar-refractivity contribution in [2.24, 2.45) is 0 Å².